The zero-order valence-corrected chi connectivity index (χ0v) is 12.8. The fraction of sp³-hybridized carbons (Fsp3) is 0.500. The van der Waals surface area contributed by atoms with Crippen LogP contribution in [0.3, 0.4) is 0 Å². The number of carbonyl (C=O) groups is 1. The van der Waals surface area contributed by atoms with Crippen molar-refractivity contribution in [1.29, 1.82) is 0 Å². The molecule has 1 unspecified atom stereocenters. The fourth-order valence-corrected chi connectivity index (χ4v) is 1.90. The highest BCUT2D eigenvalue weighted by Crippen LogP contribution is 2.22. The molecular weight excluding hydrogens is 285 g/mol. The van der Waals surface area contributed by atoms with E-state index >= 15 is 0 Å². The Morgan fingerprint density at radius 1 is 1.37 bits per heavy atom. The number of halogens is 2. The second kappa shape index (κ2) is 6.60. The van der Waals surface area contributed by atoms with Gasteiger partial charge in [-0.3, -0.25) is 4.79 Å². The average Bonchev–Trinajstić information content (AvgIpc) is 2.30. The van der Waals surface area contributed by atoms with E-state index in [0.717, 1.165) is 0 Å². The van der Waals surface area contributed by atoms with Gasteiger partial charge in [-0.1, -0.05) is 44.0 Å². The molecule has 1 amide bonds. The molecule has 1 atom stereocenters. The van der Waals surface area contributed by atoms with Gasteiger partial charge in [0.15, 0.2) is 0 Å². The molecule has 106 valence electrons. The number of hydrogen-bond acceptors (Lipinski definition) is 2. The van der Waals surface area contributed by atoms with E-state index in [1.807, 2.05) is 20.8 Å². The van der Waals surface area contributed by atoms with Crippen LogP contribution in [-0.4, -0.2) is 23.7 Å². The Kier molecular flexibility index (Phi) is 5.65. The number of carbonyl (C=O) groups excluding carboxylic acids is 1. The van der Waals surface area contributed by atoms with Crippen molar-refractivity contribution in [3.05, 3.63) is 33.8 Å². The Morgan fingerprint density at radius 3 is 2.58 bits per heavy atom. The second-order valence-electron chi connectivity index (χ2n) is 5.55. The summed E-state index contributed by atoms with van der Waals surface area (Å²) in [6.07, 6.45) is 0.0237. The molecule has 0 aliphatic rings. The van der Waals surface area contributed by atoms with Crippen LogP contribution in [0.4, 0.5) is 0 Å². The number of rotatable bonds is 4. The van der Waals surface area contributed by atoms with Crippen molar-refractivity contribution in [2.75, 3.05) is 6.54 Å². The first kappa shape index (κ1) is 16.3. The molecule has 0 saturated heterocycles. The Morgan fingerprint density at radius 2 is 2.00 bits per heavy atom. The number of hydrogen-bond donors (Lipinski definition) is 2. The van der Waals surface area contributed by atoms with Crippen molar-refractivity contribution >= 4 is 29.1 Å². The number of aliphatic hydroxyl groups excluding tert-OH is 1. The van der Waals surface area contributed by atoms with Gasteiger partial charge in [0, 0.05) is 11.6 Å². The summed E-state index contributed by atoms with van der Waals surface area (Å²) in [5.74, 6) is -0.284. The summed E-state index contributed by atoms with van der Waals surface area (Å²) in [6.45, 7) is 6.24. The normalized spacial score (nSPS) is 13.2. The maximum absolute atomic E-state index is 11.9. The predicted molar refractivity (Wildman–Crippen MR) is 78.9 cm³/mol. The van der Waals surface area contributed by atoms with Crippen molar-refractivity contribution in [3.8, 4) is 0 Å². The van der Waals surface area contributed by atoms with Crippen molar-refractivity contribution in [2.45, 2.75) is 33.3 Å². The third-order valence-corrected chi connectivity index (χ3v) is 3.44. The Labute approximate surface area is 123 Å². The summed E-state index contributed by atoms with van der Waals surface area (Å²) in [5.41, 5.74) is 0.151. The highest BCUT2D eigenvalue weighted by Gasteiger charge is 2.21. The lowest BCUT2D eigenvalue weighted by Gasteiger charge is -2.25. The van der Waals surface area contributed by atoms with Gasteiger partial charge < -0.3 is 10.4 Å². The summed E-state index contributed by atoms with van der Waals surface area (Å²) < 4.78 is 0. The van der Waals surface area contributed by atoms with E-state index in [0.29, 0.717) is 28.6 Å². The maximum atomic E-state index is 11.9. The predicted octanol–water partition coefficient (Wildman–Crippen LogP) is 3.52. The van der Waals surface area contributed by atoms with E-state index < -0.39 is 6.10 Å². The monoisotopic (exact) mass is 303 g/mol. The molecular formula is C14H19Cl2NO2. The number of nitrogens with one attached hydrogen (secondary N) is 1. The molecule has 1 aromatic carbocycles. The summed E-state index contributed by atoms with van der Waals surface area (Å²) in [4.78, 5) is 11.9. The zero-order valence-electron chi connectivity index (χ0n) is 11.3. The lowest BCUT2D eigenvalue weighted by Crippen LogP contribution is -2.32. The zero-order chi connectivity index (χ0) is 14.6. The fourth-order valence-electron chi connectivity index (χ4n) is 1.52. The smallest absolute Gasteiger partial charge is 0.252 e. The Balaban J connectivity index is 2.55. The summed E-state index contributed by atoms with van der Waals surface area (Å²) in [6, 6.07) is 4.74. The Bertz CT molecular complexity index is 455. The van der Waals surface area contributed by atoms with Crippen molar-refractivity contribution in [2.24, 2.45) is 5.41 Å². The van der Waals surface area contributed by atoms with E-state index in [-0.39, 0.29) is 11.3 Å². The average molecular weight is 304 g/mol. The summed E-state index contributed by atoms with van der Waals surface area (Å²) in [7, 11) is 0. The van der Waals surface area contributed by atoms with Crippen LogP contribution >= 0.6 is 23.2 Å². The van der Waals surface area contributed by atoms with E-state index in [1.54, 1.807) is 12.1 Å². The van der Waals surface area contributed by atoms with Gasteiger partial charge in [-0.25, -0.2) is 0 Å². The van der Waals surface area contributed by atoms with Gasteiger partial charge >= 0.3 is 0 Å². The molecule has 0 aliphatic heterocycles. The SMILES string of the molecule is CC(C)(C)C(O)CCNC(=O)c1cc(Cl)ccc1Cl. The molecule has 1 rings (SSSR count). The topological polar surface area (TPSA) is 49.3 Å². The first-order valence-electron chi connectivity index (χ1n) is 6.13. The van der Waals surface area contributed by atoms with Crippen LogP contribution in [0.1, 0.15) is 37.6 Å². The minimum atomic E-state index is -0.470. The Hall–Kier alpha value is -0.770. The first-order valence-corrected chi connectivity index (χ1v) is 6.88. The molecule has 0 fully saturated rings. The van der Waals surface area contributed by atoms with Crippen molar-refractivity contribution in [1.82, 2.24) is 5.32 Å². The maximum Gasteiger partial charge on any atom is 0.252 e. The van der Waals surface area contributed by atoms with Gasteiger partial charge in [0.05, 0.1) is 16.7 Å². The van der Waals surface area contributed by atoms with Crippen LogP contribution in [0.15, 0.2) is 18.2 Å². The molecule has 0 saturated carbocycles. The standard InChI is InChI=1S/C14H19Cl2NO2/c1-14(2,3)12(18)6-7-17-13(19)10-8-9(15)4-5-11(10)16/h4-5,8,12,18H,6-7H2,1-3H3,(H,17,19). The molecule has 0 aromatic heterocycles. The van der Waals surface area contributed by atoms with Crippen LogP contribution in [0.5, 0.6) is 0 Å². The lowest BCUT2D eigenvalue weighted by atomic mass is 9.87. The van der Waals surface area contributed by atoms with Gasteiger partial charge in [-0.2, -0.15) is 0 Å². The van der Waals surface area contributed by atoms with Crippen molar-refractivity contribution < 1.29 is 9.90 Å². The molecule has 0 radical (unpaired) electrons. The lowest BCUT2D eigenvalue weighted by molar-refractivity contribution is 0.0551. The van der Waals surface area contributed by atoms with Crippen molar-refractivity contribution in [3.63, 3.8) is 0 Å². The van der Waals surface area contributed by atoms with Crippen LogP contribution in [-0.2, 0) is 0 Å². The van der Waals surface area contributed by atoms with Crippen LogP contribution < -0.4 is 5.32 Å². The number of benzene rings is 1. The molecule has 19 heavy (non-hydrogen) atoms. The molecule has 1 aromatic rings. The second-order valence-corrected chi connectivity index (χ2v) is 6.39. The molecule has 0 aliphatic carbocycles. The largest absolute Gasteiger partial charge is 0.393 e. The van der Waals surface area contributed by atoms with E-state index in [2.05, 4.69) is 5.32 Å². The molecule has 0 bridgehead atoms. The van der Waals surface area contributed by atoms with Crippen LogP contribution in [0.2, 0.25) is 10.0 Å². The molecule has 3 nitrogen and oxygen atoms in total. The van der Waals surface area contributed by atoms with Gasteiger partial charge in [-0.05, 0) is 30.0 Å². The van der Waals surface area contributed by atoms with Gasteiger partial charge in [0.2, 0.25) is 0 Å². The molecule has 0 spiro atoms. The highest BCUT2D eigenvalue weighted by atomic mass is 35.5. The van der Waals surface area contributed by atoms with E-state index in [4.69, 9.17) is 23.2 Å². The van der Waals surface area contributed by atoms with Crippen LogP contribution in [0, 0.1) is 5.41 Å². The third kappa shape index (κ3) is 5.01. The highest BCUT2D eigenvalue weighted by molar-refractivity contribution is 6.35. The van der Waals surface area contributed by atoms with E-state index in [9.17, 15) is 9.90 Å². The summed E-state index contributed by atoms with van der Waals surface area (Å²) in [5, 5.41) is 13.4. The molecule has 2 N–H and O–H groups in total. The molecule has 0 heterocycles. The molecule has 5 heteroatoms. The van der Waals surface area contributed by atoms with Gasteiger partial charge in [0.25, 0.3) is 5.91 Å². The van der Waals surface area contributed by atoms with Gasteiger partial charge in [0.1, 0.15) is 0 Å². The van der Waals surface area contributed by atoms with Crippen LogP contribution in [0.25, 0.3) is 0 Å². The van der Waals surface area contributed by atoms with E-state index in [1.165, 1.54) is 6.07 Å². The number of aliphatic hydroxyl groups is 1. The third-order valence-electron chi connectivity index (χ3n) is 2.88. The minimum absolute atomic E-state index is 0.196. The number of amides is 1. The van der Waals surface area contributed by atoms with Gasteiger partial charge in [-0.15, -0.1) is 0 Å². The summed E-state index contributed by atoms with van der Waals surface area (Å²) >= 11 is 11.8. The first-order chi connectivity index (χ1) is 8.71. The quantitative estimate of drug-likeness (QED) is 0.894. The minimum Gasteiger partial charge on any atom is -0.393 e.